The SMILES string of the molecule is O=C(O)C(F)(F)F.[SbH3]. The van der Waals surface area contributed by atoms with Crippen molar-refractivity contribution in [2.24, 2.45) is 0 Å². The van der Waals surface area contributed by atoms with Crippen LogP contribution < -0.4 is 0 Å². The molecule has 0 radical (unpaired) electrons. The molecule has 0 aliphatic rings. The van der Waals surface area contributed by atoms with Crippen molar-refractivity contribution in [3.63, 3.8) is 0 Å². The van der Waals surface area contributed by atoms with Crippen LogP contribution in [-0.2, 0) is 4.79 Å². The fourth-order valence-corrected chi connectivity index (χ4v) is 0. The van der Waals surface area contributed by atoms with E-state index in [9.17, 15) is 13.2 Å². The number of hydrogen-bond donors (Lipinski definition) is 1. The Kier molecular flexibility index (Phi) is 4.35. The predicted molar refractivity (Wildman–Crippen MR) is 23.6 cm³/mol. The van der Waals surface area contributed by atoms with Gasteiger partial charge in [0.25, 0.3) is 0 Å². The van der Waals surface area contributed by atoms with E-state index in [0.717, 1.165) is 0 Å². The van der Waals surface area contributed by atoms with Crippen LogP contribution in [0.5, 0.6) is 0 Å². The quantitative estimate of drug-likeness (QED) is 0.575. The maximum atomic E-state index is 10.6. The Labute approximate surface area is 60.1 Å². The number of carboxylic acid groups (broad SMARTS) is 1. The van der Waals surface area contributed by atoms with Gasteiger partial charge >= 0.3 is 36.6 Å². The molecule has 0 atom stereocenters. The summed E-state index contributed by atoms with van der Waals surface area (Å²) in [5.41, 5.74) is 0. The molecule has 0 saturated carbocycles. The number of rotatable bonds is 0. The molecule has 1 N–H and O–H groups in total. The second-order valence-corrected chi connectivity index (χ2v) is 0.803. The van der Waals surface area contributed by atoms with E-state index in [1.165, 1.54) is 0 Å². The van der Waals surface area contributed by atoms with Crippen molar-refractivity contribution in [1.82, 2.24) is 0 Å². The summed E-state index contributed by atoms with van der Waals surface area (Å²) in [5.74, 6) is -2.76. The summed E-state index contributed by atoms with van der Waals surface area (Å²) in [6.07, 6.45) is -5.08. The van der Waals surface area contributed by atoms with Gasteiger partial charge in [-0.25, -0.2) is 4.79 Å². The van der Waals surface area contributed by atoms with Crippen LogP contribution in [0.2, 0.25) is 0 Å². The molecule has 8 heavy (non-hydrogen) atoms. The normalized spacial score (nSPS) is 9.88. The number of carbonyl (C=O) groups is 1. The first kappa shape index (κ1) is 11.0. The van der Waals surface area contributed by atoms with Crippen LogP contribution in [0.3, 0.4) is 0 Å². The molecular formula is C2H4F3O2Sb. The molecule has 0 amide bonds. The molecule has 0 aliphatic heterocycles. The molecule has 0 aromatic heterocycles. The van der Waals surface area contributed by atoms with E-state index < -0.39 is 12.1 Å². The third kappa shape index (κ3) is 4.24. The van der Waals surface area contributed by atoms with Crippen molar-refractivity contribution < 1.29 is 23.1 Å². The molecule has 0 aromatic rings. The van der Waals surface area contributed by atoms with E-state index in [2.05, 4.69) is 0 Å². The summed E-state index contributed by atoms with van der Waals surface area (Å²) in [6.45, 7) is 0. The topological polar surface area (TPSA) is 37.3 Å². The molecule has 50 valence electrons. The molecule has 0 heterocycles. The van der Waals surface area contributed by atoms with Crippen LogP contribution in [-0.4, -0.2) is 41.7 Å². The first-order chi connectivity index (χ1) is 2.94. The summed E-state index contributed by atoms with van der Waals surface area (Å²) < 4.78 is 31.7. The van der Waals surface area contributed by atoms with Crippen molar-refractivity contribution in [2.45, 2.75) is 6.18 Å². The fraction of sp³-hybridized carbons (Fsp3) is 0.500. The fourth-order valence-electron chi connectivity index (χ4n) is 0. The third-order valence-corrected chi connectivity index (χ3v) is 0.243. The van der Waals surface area contributed by atoms with Crippen molar-refractivity contribution in [3.8, 4) is 0 Å². The Morgan fingerprint density at radius 3 is 1.50 bits per heavy atom. The molecule has 0 fully saturated rings. The predicted octanol–water partition coefficient (Wildman–Crippen LogP) is -0.551. The van der Waals surface area contributed by atoms with Crippen LogP contribution in [0.1, 0.15) is 0 Å². The molecule has 0 rings (SSSR count). The van der Waals surface area contributed by atoms with Gasteiger partial charge in [0, 0.05) is 0 Å². The van der Waals surface area contributed by atoms with Gasteiger partial charge in [-0.15, -0.1) is 0 Å². The third-order valence-electron chi connectivity index (χ3n) is 0.243. The van der Waals surface area contributed by atoms with Gasteiger partial charge in [-0.05, 0) is 0 Å². The summed E-state index contributed by atoms with van der Waals surface area (Å²) in [6, 6.07) is 0. The Morgan fingerprint density at radius 2 is 1.50 bits per heavy atom. The Bertz CT molecular complexity index is 87.8. The van der Waals surface area contributed by atoms with Crippen LogP contribution >= 0.6 is 0 Å². The van der Waals surface area contributed by atoms with Gasteiger partial charge < -0.3 is 5.11 Å². The molecule has 2 nitrogen and oxygen atoms in total. The van der Waals surface area contributed by atoms with Gasteiger partial charge in [-0.2, -0.15) is 13.2 Å². The first-order valence-electron chi connectivity index (χ1n) is 1.24. The molecule has 6 heteroatoms. The van der Waals surface area contributed by atoms with Gasteiger partial charge in [-0.1, -0.05) is 0 Å². The number of alkyl halides is 3. The number of halogens is 3. The van der Waals surface area contributed by atoms with Gasteiger partial charge in [0.2, 0.25) is 0 Å². The first-order valence-corrected chi connectivity index (χ1v) is 1.24. The van der Waals surface area contributed by atoms with Crippen molar-refractivity contribution in [2.75, 3.05) is 0 Å². The Hall–Kier alpha value is 0.0782. The van der Waals surface area contributed by atoms with Crippen molar-refractivity contribution in [3.05, 3.63) is 0 Å². The Morgan fingerprint density at radius 1 is 1.38 bits per heavy atom. The second-order valence-electron chi connectivity index (χ2n) is 0.803. The zero-order valence-electron chi connectivity index (χ0n) is 3.70. The monoisotopic (exact) mass is 238 g/mol. The van der Waals surface area contributed by atoms with Crippen molar-refractivity contribution >= 4 is 30.4 Å². The van der Waals surface area contributed by atoms with E-state index >= 15 is 0 Å². The van der Waals surface area contributed by atoms with Crippen LogP contribution in [0.4, 0.5) is 13.2 Å². The van der Waals surface area contributed by atoms with Gasteiger partial charge in [0.1, 0.15) is 0 Å². The van der Waals surface area contributed by atoms with Crippen LogP contribution in [0.25, 0.3) is 0 Å². The van der Waals surface area contributed by atoms with Crippen LogP contribution in [0.15, 0.2) is 0 Å². The minimum atomic E-state index is -5.08. The minimum absolute atomic E-state index is 0. The number of aliphatic carboxylic acids is 1. The molecule has 0 bridgehead atoms. The molecular weight excluding hydrogens is 235 g/mol. The standard InChI is InChI=1S/C2HF3O2.Sb.3H/c3-2(4,5)1(6)7;;;;/h(H,6,7);;;;. The van der Waals surface area contributed by atoms with E-state index in [0.29, 0.717) is 0 Å². The summed E-state index contributed by atoms with van der Waals surface area (Å²) in [7, 11) is 0. The van der Waals surface area contributed by atoms with Gasteiger partial charge in [0.15, 0.2) is 0 Å². The average Bonchev–Trinajstić information content (AvgIpc) is 1.31. The maximum absolute atomic E-state index is 10.6. The molecule has 0 aromatic carbocycles. The number of hydrogen-bond acceptors (Lipinski definition) is 1. The van der Waals surface area contributed by atoms with E-state index in [-0.39, 0.29) is 24.4 Å². The summed E-state index contributed by atoms with van der Waals surface area (Å²) in [4.78, 5) is 8.90. The molecule has 0 unspecified atom stereocenters. The summed E-state index contributed by atoms with van der Waals surface area (Å²) >= 11 is 0. The molecule has 0 saturated heterocycles. The zero-order valence-corrected chi connectivity index (χ0v) is 7.73. The molecule has 0 aliphatic carbocycles. The van der Waals surface area contributed by atoms with E-state index in [1.807, 2.05) is 0 Å². The van der Waals surface area contributed by atoms with Crippen LogP contribution in [0, 0.1) is 0 Å². The van der Waals surface area contributed by atoms with Gasteiger partial charge in [-0.3, -0.25) is 0 Å². The van der Waals surface area contributed by atoms with Crippen molar-refractivity contribution in [1.29, 1.82) is 0 Å². The Balaban J connectivity index is 0. The average molecular weight is 239 g/mol. The second kappa shape index (κ2) is 3.17. The summed E-state index contributed by atoms with van der Waals surface area (Å²) in [5, 5.41) is 7.12. The van der Waals surface area contributed by atoms with E-state index in [4.69, 9.17) is 9.90 Å². The van der Waals surface area contributed by atoms with E-state index in [1.54, 1.807) is 0 Å². The van der Waals surface area contributed by atoms with Gasteiger partial charge in [0.05, 0.1) is 0 Å². The zero-order chi connectivity index (χ0) is 6.08. The molecule has 0 spiro atoms. The number of carboxylic acids is 1.